The molecule has 1 saturated carbocycles. The van der Waals surface area contributed by atoms with E-state index < -0.39 is 5.91 Å². The quantitative estimate of drug-likeness (QED) is 0.499. The average Bonchev–Trinajstić information content (AvgIpc) is 3.45. The lowest BCUT2D eigenvalue weighted by Crippen LogP contribution is -2.45. The Balaban J connectivity index is 1.42. The molecule has 2 aliphatic rings. The molecule has 10 nitrogen and oxygen atoms in total. The van der Waals surface area contributed by atoms with Gasteiger partial charge in [-0.15, -0.1) is 10.2 Å². The van der Waals surface area contributed by atoms with Gasteiger partial charge in [-0.2, -0.15) is 4.98 Å². The molecule has 3 rings (SSSR count). The number of nitrogens with zero attached hydrogens (tertiary/aromatic N) is 4. The van der Waals surface area contributed by atoms with E-state index in [4.69, 9.17) is 11.5 Å². The first-order valence-corrected chi connectivity index (χ1v) is 9.02. The maximum Gasteiger partial charge on any atom is 0.273 e. The highest BCUT2D eigenvalue weighted by molar-refractivity contribution is 5.94. The third-order valence-corrected chi connectivity index (χ3v) is 4.87. The fourth-order valence-electron chi connectivity index (χ4n) is 3.21. The van der Waals surface area contributed by atoms with Crippen LogP contribution in [0.3, 0.4) is 0 Å². The number of primary amides is 1. The number of nitrogen functional groups attached to an aromatic ring is 1. The molecule has 0 radical (unpaired) electrons. The lowest BCUT2D eigenvalue weighted by Gasteiger charge is -2.31. The number of rotatable bonds is 7. The zero-order valence-electron chi connectivity index (χ0n) is 14.9. The first kappa shape index (κ1) is 18.3. The standard InChI is InChI=1S/C16H26N8O2/c1-9(8-19-16-21-13(17)12(14(18)25)22-23-16)20-15(26)10-4-6-24(7-5-10)11-2-3-11/h9-11H,2-8H2,1H3,(H2,18,25)(H,20,26)(H3,17,19,21,23). The molecule has 2 amide bonds. The Kier molecular flexibility index (Phi) is 5.50. The summed E-state index contributed by atoms with van der Waals surface area (Å²) in [5.74, 6) is -0.490. The highest BCUT2D eigenvalue weighted by atomic mass is 16.2. The molecule has 0 bridgehead atoms. The average molecular weight is 362 g/mol. The van der Waals surface area contributed by atoms with Gasteiger partial charge in [0.1, 0.15) is 0 Å². The zero-order valence-corrected chi connectivity index (χ0v) is 14.9. The number of anilines is 2. The number of likely N-dealkylation sites (tertiary alicyclic amines) is 1. The summed E-state index contributed by atoms with van der Waals surface area (Å²) in [6.07, 6.45) is 4.45. The Morgan fingerprint density at radius 3 is 2.50 bits per heavy atom. The molecule has 1 aliphatic carbocycles. The summed E-state index contributed by atoms with van der Waals surface area (Å²) in [5.41, 5.74) is 10.6. The van der Waals surface area contributed by atoms with Crippen LogP contribution >= 0.6 is 0 Å². The first-order valence-electron chi connectivity index (χ1n) is 9.02. The Morgan fingerprint density at radius 2 is 1.92 bits per heavy atom. The number of nitrogens with one attached hydrogen (secondary N) is 2. The summed E-state index contributed by atoms with van der Waals surface area (Å²) in [7, 11) is 0. The fraction of sp³-hybridized carbons (Fsp3) is 0.688. The van der Waals surface area contributed by atoms with Gasteiger partial charge in [-0.3, -0.25) is 9.59 Å². The SMILES string of the molecule is CC(CNc1nnc(C(N)=O)c(N)n1)NC(=O)C1CCN(C2CC2)CC1. The highest BCUT2D eigenvalue weighted by Crippen LogP contribution is 2.30. The molecule has 0 aromatic carbocycles. The van der Waals surface area contributed by atoms with Crippen LogP contribution in [-0.2, 0) is 4.79 Å². The zero-order chi connectivity index (χ0) is 18.7. The Bertz CT molecular complexity index is 670. The van der Waals surface area contributed by atoms with Crippen LogP contribution in [0.1, 0.15) is 43.1 Å². The number of carbonyl (C=O) groups is 2. The molecular formula is C16H26N8O2. The van der Waals surface area contributed by atoms with Gasteiger partial charge in [0.25, 0.3) is 5.91 Å². The van der Waals surface area contributed by atoms with E-state index in [0.29, 0.717) is 6.54 Å². The summed E-state index contributed by atoms with van der Waals surface area (Å²) in [6, 6.07) is 0.661. The van der Waals surface area contributed by atoms with Crippen molar-refractivity contribution in [3.63, 3.8) is 0 Å². The molecule has 2 heterocycles. The van der Waals surface area contributed by atoms with Crippen molar-refractivity contribution < 1.29 is 9.59 Å². The van der Waals surface area contributed by atoms with Gasteiger partial charge in [-0.05, 0) is 45.7 Å². The van der Waals surface area contributed by atoms with Crippen LogP contribution in [0, 0.1) is 5.92 Å². The van der Waals surface area contributed by atoms with Crippen LogP contribution in [-0.4, -0.2) is 63.6 Å². The van der Waals surface area contributed by atoms with Crippen LogP contribution in [0.15, 0.2) is 0 Å². The van der Waals surface area contributed by atoms with E-state index >= 15 is 0 Å². The van der Waals surface area contributed by atoms with E-state index in [9.17, 15) is 9.59 Å². The molecule has 0 spiro atoms. The number of hydrogen-bond donors (Lipinski definition) is 4. The number of nitrogens with two attached hydrogens (primary N) is 2. The molecular weight excluding hydrogens is 336 g/mol. The largest absolute Gasteiger partial charge is 0.382 e. The molecule has 1 unspecified atom stereocenters. The molecule has 1 aromatic rings. The summed E-state index contributed by atoms with van der Waals surface area (Å²) in [6.45, 7) is 4.35. The van der Waals surface area contributed by atoms with E-state index in [1.807, 2.05) is 6.92 Å². The number of piperidine rings is 1. The second-order valence-electron chi connectivity index (χ2n) is 7.07. The van der Waals surface area contributed by atoms with Gasteiger partial charge in [0.05, 0.1) is 0 Å². The summed E-state index contributed by atoms with van der Waals surface area (Å²) in [4.78, 5) is 29.9. The van der Waals surface area contributed by atoms with Crippen LogP contribution in [0.5, 0.6) is 0 Å². The second-order valence-corrected chi connectivity index (χ2v) is 7.07. The van der Waals surface area contributed by atoms with Gasteiger partial charge in [0, 0.05) is 24.5 Å². The minimum Gasteiger partial charge on any atom is -0.382 e. The van der Waals surface area contributed by atoms with Gasteiger partial charge in [-0.1, -0.05) is 0 Å². The number of hydrogen-bond acceptors (Lipinski definition) is 8. The van der Waals surface area contributed by atoms with Crippen molar-refractivity contribution in [2.45, 2.75) is 44.7 Å². The van der Waals surface area contributed by atoms with Gasteiger partial charge in [0.2, 0.25) is 11.9 Å². The molecule has 6 N–H and O–H groups in total. The highest BCUT2D eigenvalue weighted by Gasteiger charge is 2.33. The molecule has 1 aromatic heterocycles. The smallest absolute Gasteiger partial charge is 0.273 e. The van der Waals surface area contributed by atoms with Crippen LogP contribution in [0.2, 0.25) is 0 Å². The third kappa shape index (κ3) is 4.57. The van der Waals surface area contributed by atoms with E-state index in [-0.39, 0.29) is 35.3 Å². The number of carbonyl (C=O) groups excluding carboxylic acids is 2. The number of amides is 2. The summed E-state index contributed by atoms with van der Waals surface area (Å²) < 4.78 is 0. The van der Waals surface area contributed by atoms with Gasteiger partial charge < -0.3 is 27.0 Å². The van der Waals surface area contributed by atoms with Crippen LogP contribution in [0.4, 0.5) is 11.8 Å². The molecule has 2 fully saturated rings. The molecule has 1 aliphatic heterocycles. The molecule has 1 saturated heterocycles. The third-order valence-electron chi connectivity index (χ3n) is 4.87. The molecule has 1 atom stereocenters. The molecule has 26 heavy (non-hydrogen) atoms. The van der Waals surface area contributed by atoms with Crippen molar-refractivity contribution in [2.24, 2.45) is 11.7 Å². The lowest BCUT2D eigenvalue weighted by atomic mass is 9.95. The predicted octanol–water partition coefficient (Wildman–Crippen LogP) is -0.656. The van der Waals surface area contributed by atoms with Gasteiger partial charge in [0.15, 0.2) is 11.5 Å². The summed E-state index contributed by atoms with van der Waals surface area (Å²) >= 11 is 0. The minimum atomic E-state index is -0.776. The van der Waals surface area contributed by atoms with Gasteiger partial charge in [-0.25, -0.2) is 0 Å². The van der Waals surface area contributed by atoms with E-state index in [0.717, 1.165) is 32.0 Å². The predicted molar refractivity (Wildman–Crippen MR) is 96.2 cm³/mol. The molecule has 10 heteroatoms. The van der Waals surface area contributed by atoms with E-state index in [1.165, 1.54) is 12.8 Å². The Hall–Kier alpha value is -2.49. The topological polar surface area (TPSA) is 152 Å². The monoisotopic (exact) mass is 362 g/mol. The van der Waals surface area contributed by atoms with E-state index in [2.05, 4.69) is 30.7 Å². The molecule has 142 valence electrons. The lowest BCUT2D eigenvalue weighted by molar-refractivity contribution is -0.127. The van der Waals surface area contributed by atoms with Crippen LogP contribution in [0.25, 0.3) is 0 Å². The maximum atomic E-state index is 12.4. The van der Waals surface area contributed by atoms with Crippen molar-refractivity contribution in [2.75, 3.05) is 30.7 Å². The van der Waals surface area contributed by atoms with Crippen molar-refractivity contribution in [3.05, 3.63) is 5.69 Å². The first-order chi connectivity index (χ1) is 12.4. The Morgan fingerprint density at radius 1 is 1.23 bits per heavy atom. The number of aromatic nitrogens is 3. The van der Waals surface area contributed by atoms with Crippen molar-refractivity contribution in [1.29, 1.82) is 0 Å². The minimum absolute atomic E-state index is 0.0749. The summed E-state index contributed by atoms with van der Waals surface area (Å²) in [5, 5.41) is 13.4. The van der Waals surface area contributed by atoms with E-state index in [1.54, 1.807) is 0 Å². The van der Waals surface area contributed by atoms with Crippen molar-refractivity contribution in [1.82, 2.24) is 25.4 Å². The van der Waals surface area contributed by atoms with Crippen molar-refractivity contribution >= 4 is 23.6 Å². The van der Waals surface area contributed by atoms with Crippen molar-refractivity contribution in [3.8, 4) is 0 Å². The maximum absolute atomic E-state index is 12.4. The van der Waals surface area contributed by atoms with Crippen LogP contribution < -0.4 is 22.1 Å². The Labute approximate surface area is 152 Å². The second kappa shape index (κ2) is 7.81. The fourth-order valence-corrected chi connectivity index (χ4v) is 3.21. The normalized spacial score (nSPS) is 19.7. The van der Waals surface area contributed by atoms with Gasteiger partial charge >= 0.3 is 0 Å².